The fourth-order valence-electron chi connectivity index (χ4n) is 3.37. The van der Waals surface area contributed by atoms with Crippen LogP contribution in [-0.2, 0) is 0 Å². The molecule has 5 nitrogen and oxygen atoms in total. The highest BCUT2D eigenvalue weighted by Crippen LogP contribution is 2.24. The van der Waals surface area contributed by atoms with Gasteiger partial charge in [-0.25, -0.2) is 9.07 Å². The van der Waals surface area contributed by atoms with Gasteiger partial charge >= 0.3 is 0 Å². The summed E-state index contributed by atoms with van der Waals surface area (Å²) in [4.78, 5) is 15.0. The maximum atomic E-state index is 13.3. The molecule has 0 aliphatic carbocycles. The highest BCUT2D eigenvalue weighted by molar-refractivity contribution is 5.97. The molecule has 26 heavy (non-hydrogen) atoms. The maximum absolute atomic E-state index is 13.3. The summed E-state index contributed by atoms with van der Waals surface area (Å²) in [6.45, 7) is 3.76. The van der Waals surface area contributed by atoms with Crippen molar-refractivity contribution in [2.75, 3.05) is 13.1 Å². The quantitative estimate of drug-likeness (QED) is 0.722. The third-order valence-electron chi connectivity index (χ3n) is 4.97. The van der Waals surface area contributed by atoms with Crippen molar-refractivity contribution in [1.82, 2.24) is 19.2 Å². The van der Waals surface area contributed by atoms with Crippen molar-refractivity contribution in [1.29, 1.82) is 0 Å². The number of benzene rings is 1. The van der Waals surface area contributed by atoms with Gasteiger partial charge in [-0.3, -0.25) is 4.79 Å². The van der Waals surface area contributed by atoms with E-state index in [-0.39, 0.29) is 11.7 Å². The predicted octanol–water partition coefficient (Wildman–Crippen LogP) is 3.67. The van der Waals surface area contributed by atoms with Crippen molar-refractivity contribution < 1.29 is 9.18 Å². The molecular weight excluding hydrogens is 331 g/mol. The molecule has 0 saturated carbocycles. The molecule has 1 fully saturated rings. The van der Waals surface area contributed by atoms with Crippen molar-refractivity contribution in [2.24, 2.45) is 5.92 Å². The van der Waals surface area contributed by atoms with Crippen molar-refractivity contribution in [3.63, 3.8) is 0 Å². The van der Waals surface area contributed by atoms with Gasteiger partial charge in [0.2, 0.25) is 0 Å². The van der Waals surface area contributed by atoms with Gasteiger partial charge in [0.15, 0.2) is 5.82 Å². The average molecular weight is 352 g/mol. The largest absolute Gasteiger partial charge is 0.338 e. The van der Waals surface area contributed by atoms with Gasteiger partial charge in [-0.05, 0) is 55.2 Å². The first-order chi connectivity index (χ1) is 12.6. The number of piperidine rings is 1. The van der Waals surface area contributed by atoms with E-state index in [2.05, 4.69) is 12.0 Å². The fraction of sp³-hybridized carbons (Fsp3) is 0.300. The lowest BCUT2D eigenvalue weighted by atomic mass is 9.99. The lowest BCUT2D eigenvalue weighted by molar-refractivity contribution is 0.0697. The Hall–Kier alpha value is -2.89. The van der Waals surface area contributed by atoms with Gasteiger partial charge in [-0.15, -0.1) is 0 Å². The Labute approximate surface area is 151 Å². The first-order valence-corrected chi connectivity index (χ1v) is 8.90. The number of hydrogen-bond acceptors (Lipinski definition) is 2. The van der Waals surface area contributed by atoms with E-state index < -0.39 is 0 Å². The van der Waals surface area contributed by atoms with Crippen LogP contribution in [-0.4, -0.2) is 38.2 Å². The SMILES string of the molecule is CC1CCN(C(=O)c2cnn(-c3ccc(F)cc3)c2-n2cccc2)CC1. The van der Waals surface area contributed by atoms with Crippen LogP contribution in [0.3, 0.4) is 0 Å². The molecule has 0 unspecified atom stereocenters. The summed E-state index contributed by atoms with van der Waals surface area (Å²) >= 11 is 0. The summed E-state index contributed by atoms with van der Waals surface area (Å²) in [5.41, 5.74) is 1.27. The number of hydrogen-bond donors (Lipinski definition) is 0. The second-order valence-electron chi connectivity index (χ2n) is 6.84. The summed E-state index contributed by atoms with van der Waals surface area (Å²) < 4.78 is 16.8. The van der Waals surface area contributed by atoms with Crippen molar-refractivity contribution in [3.8, 4) is 11.5 Å². The minimum absolute atomic E-state index is 0.00559. The maximum Gasteiger partial charge on any atom is 0.259 e. The van der Waals surface area contributed by atoms with Crippen LogP contribution < -0.4 is 0 Å². The van der Waals surface area contributed by atoms with E-state index in [9.17, 15) is 9.18 Å². The molecule has 0 atom stereocenters. The number of amides is 1. The zero-order valence-electron chi connectivity index (χ0n) is 14.7. The van der Waals surface area contributed by atoms with Crippen LogP contribution in [0, 0.1) is 11.7 Å². The zero-order chi connectivity index (χ0) is 18.1. The highest BCUT2D eigenvalue weighted by atomic mass is 19.1. The van der Waals surface area contributed by atoms with Crippen LogP contribution in [0.15, 0.2) is 55.0 Å². The van der Waals surface area contributed by atoms with Crippen LogP contribution in [0.4, 0.5) is 4.39 Å². The summed E-state index contributed by atoms with van der Waals surface area (Å²) in [5, 5.41) is 4.43. The molecule has 134 valence electrons. The fourth-order valence-corrected chi connectivity index (χ4v) is 3.37. The number of carbonyl (C=O) groups is 1. The molecule has 6 heteroatoms. The Kier molecular flexibility index (Phi) is 4.32. The highest BCUT2D eigenvalue weighted by Gasteiger charge is 2.26. The average Bonchev–Trinajstić information content (AvgIpc) is 3.32. The second-order valence-corrected chi connectivity index (χ2v) is 6.84. The van der Waals surface area contributed by atoms with Crippen LogP contribution in [0.25, 0.3) is 11.5 Å². The van der Waals surface area contributed by atoms with E-state index in [0.717, 1.165) is 25.9 Å². The normalized spacial score (nSPS) is 15.4. The summed E-state index contributed by atoms with van der Waals surface area (Å²) in [7, 11) is 0. The molecule has 1 aromatic carbocycles. The Morgan fingerprint density at radius 3 is 2.42 bits per heavy atom. The van der Waals surface area contributed by atoms with E-state index in [1.54, 1.807) is 23.0 Å². The Morgan fingerprint density at radius 1 is 1.12 bits per heavy atom. The van der Waals surface area contributed by atoms with E-state index in [1.807, 2.05) is 34.0 Å². The van der Waals surface area contributed by atoms with Gasteiger partial charge in [0.25, 0.3) is 5.91 Å². The third-order valence-corrected chi connectivity index (χ3v) is 4.97. The number of rotatable bonds is 3. The standard InChI is InChI=1S/C20H21FN4O/c1-15-8-12-24(13-9-15)20(26)18-14-22-25(17-6-4-16(21)5-7-17)19(18)23-10-2-3-11-23/h2-7,10-11,14-15H,8-9,12-13H2,1H3. The molecule has 3 aromatic rings. The molecule has 2 aromatic heterocycles. The molecular formula is C20H21FN4O. The first kappa shape index (κ1) is 16.6. The predicted molar refractivity (Wildman–Crippen MR) is 97.2 cm³/mol. The van der Waals surface area contributed by atoms with Crippen LogP contribution in [0.1, 0.15) is 30.1 Å². The van der Waals surface area contributed by atoms with Crippen molar-refractivity contribution >= 4 is 5.91 Å². The van der Waals surface area contributed by atoms with Crippen LogP contribution in [0.5, 0.6) is 0 Å². The third kappa shape index (κ3) is 3.03. The number of carbonyl (C=O) groups excluding carboxylic acids is 1. The lowest BCUT2D eigenvalue weighted by Gasteiger charge is -2.30. The number of halogens is 1. The van der Waals surface area contributed by atoms with Gasteiger partial charge in [0, 0.05) is 25.5 Å². The van der Waals surface area contributed by atoms with Crippen molar-refractivity contribution in [3.05, 3.63) is 66.4 Å². The Bertz CT molecular complexity index is 891. The van der Waals surface area contributed by atoms with Gasteiger partial charge in [0.05, 0.1) is 11.9 Å². The second kappa shape index (κ2) is 6.78. The zero-order valence-corrected chi connectivity index (χ0v) is 14.7. The van der Waals surface area contributed by atoms with E-state index in [0.29, 0.717) is 23.0 Å². The van der Waals surface area contributed by atoms with E-state index in [4.69, 9.17) is 0 Å². The Morgan fingerprint density at radius 2 is 1.77 bits per heavy atom. The van der Waals surface area contributed by atoms with Gasteiger partial charge in [-0.2, -0.15) is 5.10 Å². The van der Waals surface area contributed by atoms with Gasteiger partial charge in [0.1, 0.15) is 11.4 Å². The summed E-state index contributed by atoms with van der Waals surface area (Å²) in [6, 6.07) is 9.91. The molecule has 1 aliphatic heterocycles. The number of nitrogens with zero attached hydrogens (tertiary/aromatic N) is 4. The lowest BCUT2D eigenvalue weighted by Crippen LogP contribution is -2.38. The number of aromatic nitrogens is 3. The molecule has 0 bridgehead atoms. The minimum Gasteiger partial charge on any atom is -0.338 e. The summed E-state index contributed by atoms with van der Waals surface area (Å²) in [6.07, 6.45) is 7.42. The monoisotopic (exact) mass is 352 g/mol. The minimum atomic E-state index is -0.304. The molecule has 4 rings (SSSR count). The van der Waals surface area contributed by atoms with Crippen molar-refractivity contribution in [2.45, 2.75) is 19.8 Å². The molecule has 0 spiro atoms. The summed E-state index contributed by atoms with van der Waals surface area (Å²) in [5.74, 6) is 1.02. The molecule has 0 N–H and O–H groups in total. The van der Waals surface area contributed by atoms with Gasteiger partial charge in [-0.1, -0.05) is 6.92 Å². The molecule has 0 radical (unpaired) electrons. The van der Waals surface area contributed by atoms with Crippen LogP contribution >= 0.6 is 0 Å². The molecule has 1 saturated heterocycles. The molecule has 3 heterocycles. The Balaban J connectivity index is 1.76. The van der Waals surface area contributed by atoms with E-state index in [1.165, 1.54) is 12.1 Å². The molecule has 1 amide bonds. The topological polar surface area (TPSA) is 43.1 Å². The van der Waals surface area contributed by atoms with E-state index >= 15 is 0 Å². The number of likely N-dealkylation sites (tertiary alicyclic amines) is 1. The van der Waals surface area contributed by atoms with Gasteiger partial charge < -0.3 is 9.47 Å². The smallest absolute Gasteiger partial charge is 0.259 e. The first-order valence-electron chi connectivity index (χ1n) is 8.90. The van der Waals surface area contributed by atoms with Crippen LogP contribution in [0.2, 0.25) is 0 Å². The molecule has 1 aliphatic rings.